The highest BCUT2D eigenvalue weighted by molar-refractivity contribution is 14.1. The van der Waals surface area contributed by atoms with Crippen LogP contribution in [0.2, 0.25) is 0 Å². The molecule has 0 aliphatic carbocycles. The second-order valence-corrected chi connectivity index (χ2v) is 5.04. The summed E-state index contributed by atoms with van der Waals surface area (Å²) >= 11 is 2.08. The van der Waals surface area contributed by atoms with Crippen molar-refractivity contribution in [1.29, 1.82) is 0 Å². The number of halogens is 3. The number of aliphatic hydroxyl groups excluding tert-OH is 1. The number of aliphatic hydroxyl groups is 1. The minimum Gasteiger partial charge on any atom is -0.395 e. The van der Waals surface area contributed by atoms with Crippen LogP contribution in [0.5, 0.6) is 0 Å². The first-order valence-electron chi connectivity index (χ1n) is 5.68. The number of nitrogens with zero attached hydrogens (tertiary/aromatic N) is 1. The monoisotopic (exact) mass is 384 g/mol. The van der Waals surface area contributed by atoms with E-state index in [9.17, 15) is 13.6 Å². The van der Waals surface area contributed by atoms with E-state index < -0.39 is 13.0 Å². The lowest BCUT2D eigenvalue weighted by molar-refractivity contribution is -0.117. The van der Waals surface area contributed by atoms with Crippen molar-refractivity contribution in [2.45, 2.75) is 6.43 Å². The van der Waals surface area contributed by atoms with Crippen molar-refractivity contribution in [3.05, 3.63) is 27.8 Å². The summed E-state index contributed by atoms with van der Waals surface area (Å²) in [6, 6.07) is 7.19. The molecule has 0 fully saturated rings. The molecule has 7 heteroatoms. The second kappa shape index (κ2) is 8.39. The van der Waals surface area contributed by atoms with Crippen LogP contribution in [-0.2, 0) is 4.79 Å². The number of anilines is 1. The highest BCUT2D eigenvalue weighted by atomic mass is 127. The van der Waals surface area contributed by atoms with Gasteiger partial charge in [0.15, 0.2) is 0 Å². The van der Waals surface area contributed by atoms with Crippen LogP contribution < -0.4 is 5.32 Å². The lowest BCUT2D eigenvalue weighted by Crippen LogP contribution is -2.38. The highest BCUT2D eigenvalue weighted by Crippen LogP contribution is 2.16. The molecule has 4 nitrogen and oxygen atoms in total. The van der Waals surface area contributed by atoms with Gasteiger partial charge in [0.05, 0.1) is 25.4 Å². The zero-order chi connectivity index (χ0) is 14.3. The molecule has 0 aliphatic heterocycles. The third-order valence-electron chi connectivity index (χ3n) is 2.33. The molecular weight excluding hydrogens is 369 g/mol. The summed E-state index contributed by atoms with van der Waals surface area (Å²) in [4.78, 5) is 13.0. The Bertz CT molecular complexity index is 418. The fourth-order valence-corrected chi connectivity index (χ4v) is 2.05. The Labute approximate surface area is 123 Å². The highest BCUT2D eigenvalue weighted by Gasteiger charge is 2.15. The van der Waals surface area contributed by atoms with Crippen LogP contribution in [-0.4, -0.2) is 48.6 Å². The molecule has 0 atom stereocenters. The van der Waals surface area contributed by atoms with Crippen LogP contribution in [0, 0.1) is 3.57 Å². The molecule has 19 heavy (non-hydrogen) atoms. The van der Waals surface area contributed by atoms with Crippen LogP contribution in [0.15, 0.2) is 24.3 Å². The standard InChI is InChI=1S/C12H15F2IN2O2/c13-11(14)7-17(5-6-18)8-12(19)16-10-4-2-1-3-9(10)15/h1-4,11,18H,5-8H2,(H,16,19). The van der Waals surface area contributed by atoms with Gasteiger partial charge in [-0.05, 0) is 34.7 Å². The fourth-order valence-electron chi connectivity index (χ4n) is 1.53. The van der Waals surface area contributed by atoms with Gasteiger partial charge in [0.25, 0.3) is 6.43 Å². The molecule has 0 saturated carbocycles. The molecule has 1 rings (SSSR count). The molecule has 2 N–H and O–H groups in total. The van der Waals surface area contributed by atoms with Crippen molar-refractivity contribution in [3.8, 4) is 0 Å². The van der Waals surface area contributed by atoms with Gasteiger partial charge in [-0.15, -0.1) is 0 Å². The van der Waals surface area contributed by atoms with Gasteiger partial charge in [-0.3, -0.25) is 9.69 Å². The number of hydrogen-bond donors (Lipinski definition) is 2. The molecule has 0 saturated heterocycles. The molecule has 0 bridgehead atoms. The lowest BCUT2D eigenvalue weighted by Gasteiger charge is -2.20. The predicted molar refractivity (Wildman–Crippen MR) is 77.3 cm³/mol. The quantitative estimate of drug-likeness (QED) is 0.705. The van der Waals surface area contributed by atoms with Crippen LogP contribution >= 0.6 is 22.6 Å². The molecule has 106 valence electrons. The van der Waals surface area contributed by atoms with Crippen molar-refractivity contribution in [2.24, 2.45) is 0 Å². The molecule has 1 aromatic carbocycles. The molecule has 0 aliphatic rings. The first-order chi connectivity index (χ1) is 9.02. The number of alkyl halides is 2. The average molecular weight is 384 g/mol. The topological polar surface area (TPSA) is 52.6 Å². The third kappa shape index (κ3) is 6.26. The SMILES string of the molecule is O=C(CN(CCO)CC(F)F)Nc1ccccc1I. The molecule has 0 aromatic heterocycles. The Kier molecular flexibility index (Phi) is 7.17. The van der Waals surface area contributed by atoms with Crippen molar-refractivity contribution in [2.75, 3.05) is 31.6 Å². The van der Waals surface area contributed by atoms with E-state index in [0.717, 1.165) is 3.57 Å². The van der Waals surface area contributed by atoms with E-state index in [1.807, 2.05) is 12.1 Å². The zero-order valence-electron chi connectivity index (χ0n) is 10.2. The van der Waals surface area contributed by atoms with Crippen LogP contribution in [0.4, 0.5) is 14.5 Å². The minimum atomic E-state index is -2.53. The van der Waals surface area contributed by atoms with E-state index in [0.29, 0.717) is 5.69 Å². The number of benzene rings is 1. The van der Waals surface area contributed by atoms with Gasteiger partial charge in [0.1, 0.15) is 0 Å². The summed E-state index contributed by atoms with van der Waals surface area (Å²) in [6.45, 7) is -0.914. The first kappa shape index (κ1) is 16.3. The maximum Gasteiger partial charge on any atom is 0.251 e. The van der Waals surface area contributed by atoms with Crippen molar-refractivity contribution < 1.29 is 18.7 Å². The van der Waals surface area contributed by atoms with Crippen LogP contribution in [0.3, 0.4) is 0 Å². The summed E-state index contributed by atoms with van der Waals surface area (Å²) in [5.74, 6) is -0.377. The smallest absolute Gasteiger partial charge is 0.251 e. The number of carbonyl (C=O) groups excluding carboxylic acids is 1. The number of carbonyl (C=O) groups is 1. The summed E-state index contributed by atoms with van der Waals surface area (Å²) in [6.07, 6.45) is -2.53. The van der Waals surface area contributed by atoms with E-state index >= 15 is 0 Å². The maximum atomic E-state index is 12.3. The number of amides is 1. The van der Waals surface area contributed by atoms with Crippen molar-refractivity contribution in [1.82, 2.24) is 4.90 Å². The largest absolute Gasteiger partial charge is 0.395 e. The molecule has 1 amide bonds. The van der Waals surface area contributed by atoms with Gasteiger partial charge in [0.2, 0.25) is 5.91 Å². The van der Waals surface area contributed by atoms with Gasteiger partial charge in [-0.2, -0.15) is 0 Å². The fraction of sp³-hybridized carbons (Fsp3) is 0.417. The lowest BCUT2D eigenvalue weighted by atomic mass is 10.3. The molecule has 1 aromatic rings. The molecular formula is C12H15F2IN2O2. The molecule has 0 spiro atoms. The molecule has 0 heterocycles. The Morgan fingerprint density at radius 1 is 1.42 bits per heavy atom. The zero-order valence-corrected chi connectivity index (χ0v) is 12.3. The summed E-state index contributed by atoms with van der Waals surface area (Å²) in [7, 11) is 0. The molecule has 0 radical (unpaired) electrons. The van der Waals surface area contributed by atoms with Crippen molar-refractivity contribution in [3.63, 3.8) is 0 Å². The summed E-state index contributed by atoms with van der Waals surface area (Å²) < 4.78 is 25.5. The second-order valence-electron chi connectivity index (χ2n) is 3.88. The predicted octanol–water partition coefficient (Wildman–Crippen LogP) is 1.79. The maximum absolute atomic E-state index is 12.3. The number of para-hydroxylation sites is 1. The van der Waals surface area contributed by atoms with Gasteiger partial charge < -0.3 is 10.4 Å². The summed E-state index contributed by atoms with van der Waals surface area (Å²) in [5.41, 5.74) is 0.647. The van der Waals surface area contributed by atoms with Crippen molar-refractivity contribution >= 4 is 34.2 Å². The first-order valence-corrected chi connectivity index (χ1v) is 6.76. The van der Waals surface area contributed by atoms with E-state index in [1.165, 1.54) is 4.90 Å². The van der Waals surface area contributed by atoms with E-state index in [2.05, 4.69) is 27.9 Å². The van der Waals surface area contributed by atoms with E-state index in [-0.39, 0.29) is 25.6 Å². The third-order valence-corrected chi connectivity index (χ3v) is 3.27. The minimum absolute atomic E-state index is 0.0453. The van der Waals surface area contributed by atoms with Gasteiger partial charge in [-0.1, -0.05) is 12.1 Å². The summed E-state index contributed by atoms with van der Waals surface area (Å²) in [5, 5.41) is 11.4. The Morgan fingerprint density at radius 3 is 2.68 bits per heavy atom. The number of hydrogen-bond acceptors (Lipinski definition) is 3. The van der Waals surface area contributed by atoms with Gasteiger partial charge in [0, 0.05) is 10.1 Å². The molecule has 0 unspecified atom stereocenters. The Hall–Kier alpha value is -0.800. The number of rotatable bonds is 7. The normalized spacial score (nSPS) is 11.1. The Morgan fingerprint density at radius 2 is 2.11 bits per heavy atom. The van der Waals surface area contributed by atoms with Gasteiger partial charge in [-0.25, -0.2) is 8.78 Å². The van der Waals surface area contributed by atoms with Crippen LogP contribution in [0.1, 0.15) is 0 Å². The average Bonchev–Trinajstić information content (AvgIpc) is 2.31. The Balaban J connectivity index is 2.55. The van der Waals surface area contributed by atoms with Gasteiger partial charge >= 0.3 is 0 Å². The van der Waals surface area contributed by atoms with E-state index in [4.69, 9.17) is 5.11 Å². The van der Waals surface area contributed by atoms with Crippen LogP contribution in [0.25, 0.3) is 0 Å². The van der Waals surface area contributed by atoms with E-state index in [1.54, 1.807) is 12.1 Å². The number of nitrogens with one attached hydrogen (secondary N) is 1.